The van der Waals surface area contributed by atoms with Gasteiger partial charge in [-0.05, 0) is 18.6 Å². The second-order valence-electron chi connectivity index (χ2n) is 4.39. The summed E-state index contributed by atoms with van der Waals surface area (Å²) >= 11 is 0. The number of hydrogen-bond donors (Lipinski definition) is 1. The highest BCUT2D eigenvalue weighted by Gasteiger charge is 2.09. The van der Waals surface area contributed by atoms with Gasteiger partial charge in [-0.2, -0.15) is 5.10 Å². The first-order valence-corrected chi connectivity index (χ1v) is 6.04. The van der Waals surface area contributed by atoms with Crippen LogP contribution < -0.4 is 10.6 Å². The van der Waals surface area contributed by atoms with E-state index in [2.05, 4.69) is 28.0 Å². The van der Waals surface area contributed by atoms with Crippen molar-refractivity contribution in [3.05, 3.63) is 35.9 Å². The van der Waals surface area contributed by atoms with Gasteiger partial charge in [-0.3, -0.25) is 9.67 Å². The van der Waals surface area contributed by atoms with Gasteiger partial charge in [-0.1, -0.05) is 6.92 Å². The minimum Gasteiger partial charge on any atom is -0.396 e. The summed E-state index contributed by atoms with van der Waals surface area (Å²) in [5.74, 6) is 0. The smallest absolute Gasteiger partial charge is 0.0738 e. The maximum atomic E-state index is 5.92. The molecule has 0 spiro atoms. The molecular weight excluding hydrogens is 226 g/mol. The van der Waals surface area contributed by atoms with Crippen molar-refractivity contribution in [3.8, 4) is 0 Å². The lowest BCUT2D eigenvalue weighted by Gasteiger charge is -2.20. The maximum Gasteiger partial charge on any atom is 0.0738 e. The number of pyridine rings is 1. The zero-order valence-electron chi connectivity index (χ0n) is 11.1. The standard InChI is InChI=1S/C13H19N5/c1-4-10-7-11(18(3)16-10)9-17(2)13-5-6-15-8-12(13)14/h5-8H,4,9,14H2,1-3H3. The minimum atomic E-state index is 0.692. The van der Waals surface area contributed by atoms with Crippen LogP contribution in [0.25, 0.3) is 0 Å². The van der Waals surface area contributed by atoms with Crippen LogP contribution in [0.15, 0.2) is 24.5 Å². The SMILES string of the molecule is CCc1cc(CN(C)c2ccncc2N)n(C)n1. The number of aryl methyl sites for hydroxylation is 2. The Morgan fingerprint density at radius 3 is 2.83 bits per heavy atom. The van der Waals surface area contributed by atoms with Gasteiger partial charge in [-0.25, -0.2) is 0 Å². The van der Waals surface area contributed by atoms with Crippen LogP contribution in [-0.4, -0.2) is 21.8 Å². The summed E-state index contributed by atoms with van der Waals surface area (Å²) in [6.45, 7) is 2.88. The molecule has 96 valence electrons. The topological polar surface area (TPSA) is 60.0 Å². The van der Waals surface area contributed by atoms with Gasteiger partial charge in [-0.15, -0.1) is 0 Å². The maximum absolute atomic E-state index is 5.92. The summed E-state index contributed by atoms with van der Waals surface area (Å²) in [7, 11) is 3.99. The average Bonchev–Trinajstić information content (AvgIpc) is 2.70. The number of nitrogens with two attached hydrogens (primary N) is 1. The van der Waals surface area contributed by atoms with E-state index in [0.29, 0.717) is 5.69 Å². The van der Waals surface area contributed by atoms with Gasteiger partial charge in [0.25, 0.3) is 0 Å². The Balaban J connectivity index is 2.18. The summed E-state index contributed by atoms with van der Waals surface area (Å²) in [6.07, 6.45) is 4.38. The van der Waals surface area contributed by atoms with Crippen molar-refractivity contribution < 1.29 is 0 Å². The fourth-order valence-corrected chi connectivity index (χ4v) is 1.97. The van der Waals surface area contributed by atoms with Gasteiger partial charge in [0.1, 0.15) is 0 Å². The van der Waals surface area contributed by atoms with E-state index in [1.807, 2.05) is 24.8 Å². The van der Waals surface area contributed by atoms with E-state index in [0.717, 1.165) is 24.3 Å². The fraction of sp³-hybridized carbons (Fsp3) is 0.385. The average molecular weight is 245 g/mol. The third-order valence-corrected chi connectivity index (χ3v) is 3.03. The largest absolute Gasteiger partial charge is 0.396 e. The fourth-order valence-electron chi connectivity index (χ4n) is 1.97. The zero-order chi connectivity index (χ0) is 13.1. The summed E-state index contributed by atoms with van der Waals surface area (Å²) in [5.41, 5.74) is 9.89. The Kier molecular flexibility index (Phi) is 3.50. The number of nitrogens with zero attached hydrogens (tertiary/aromatic N) is 4. The van der Waals surface area contributed by atoms with Gasteiger partial charge < -0.3 is 10.6 Å². The normalized spacial score (nSPS) is 10.6. The van der Waals surface area contributed by atoms with Gasteiger partial charge >= 0.3 is 0 Å². The molecule has 0 bridgehead atoms. The molecule has 2 N–H and O–H groups in total. The Morgan fingerprint density at radius 2 is 2.22 bits per heavy atom. The van der Waals surface area contributed by atoms with E-state index < -0.39 is 0 Å². The summed E-state index contributed by atoms with van der Waals surface area (Å²) in [5, 5.41) is 4.44. The Morgan fingerprint density at radius 1 is 1.44 bits per heavy atom. The molecule has 0 aromatic carbocycles. The molecule has 0 fully saturated rings. The van der Waals surface area contributed by atoms with Crippen molar-refractivity contribution in [2.75, 3.05) is 17.7 Å². The second kappa shape index (κ2) is 5.08. The van der Waals surface area contributed by atoms with Crippen molar-refractivity contribution in [1.82, 2.24) is 14.8 Å². The molecule has 0 radical (unpaired) electrons. The molecule has 0 aliphatic carbocycles. The van der Waals surface area contributed by atoms with Crippen LogP contribution in [0.2, 0.25) is 0 Å². The lowest BCUT2D eigenvalue weighted by atomic mass is 10.2. The summed E-state index contributed by atoms with van der Waals surface area (Å²) < 4.78 is 1.92. The molecule has 2 aromatic rings. The van der Waals surface area contributed by atoms with Gasteiger partial charge in [0.05, 0.1) is 35.5 Å². The van der Waals surface area contributed by atoms with Crippen LogP contribution in [-0.2, 0) is 20.0 Å². The van der Waals surface area contributed by atoms with Crippen molar-refractivity contribution in [1.29, 1.82) is 0 Å². The lowest BCUT2D eigenvalue weighted by Crippen LogP contribution is -2.19. The monoisotopic (exact) mass is 245 g/mol. The van der Waals surface area contributed by atoms with Crippen LogP contribution >= 0.6 is 0 Å². The molecule has 0 amide bonds. The molecule has 5 heteroatoms. The van der Waals surface area contributed by atoms with E-state index >= 15 is 0 Å². The number of aromatic nitrogens is 3. The second-order valence-corrected chi connectivity index (χ2v) is 4.39. The predicted octanol–water partition coefficient (Wildman–Crippen LogP) is 1.60. The highest BCUT2D eigenvalue weighted by Crippen LogP contribution is 2.21. The molecule has 2 heterocycles. The third kappa shape index (κ3) is 2.45. The van der Waals surface area contributed by atoms with E-state index in [-0.39, 0.29) is 0 Å². The van der Waals surface area contributed by atoms with E-state index in [9.17, 15) is 0 Å². The number of hydrogen-bond acceptors (Lipinski definition) is 4. The van der Waals surface area contributed by atoms with Crippen molar-refractivity contribution in [2.24, 2.45) is 7.05 Å². The highest BCUT2D eigenvalue weighted by molar-refractivity contribution is 5.65. The van der Waals surface area contributed by atoms with Gasteiger partial charge in [0.15, 0.2) is 0 Å². The van der Waals surface area contributed by atoms with E-state index in [1.165, 1.54) is 5.69 Å². The van der Waals surface area contributed by atoms with Crippen molar-refractivity contribution >= 4 is 11.4 Å². The van der Waals surface area contributed by atoms with Crippen LogP contribution in [0.3, 0.4) is 0 Å². The minimum absolute atomic E-state index is 0.692. The Hall–Kier alpha value is -2.04. The van der Waals surface area contributed by atoms with Crippen molar-refractivity contribution in [2.45, 2.75) is 19.9 Å². The van der Waals surface area contributed by atoms with Crippen LogP contribution in [0.5, 0.6) is 0 Å². The molecule has 5 nitrogen and oxygen atoms in total. The van der Waals surface area contributed by atoms with E-state index in [1.54, 1.807) is 12.4 Å². The predicted molar refractivity (Wildman–Crippen MR) is 73.3 cm³/mol. The molecule has 0 atom stereocenters. The van der Waals surface area contributed by atoms with Gasteiger partial charge in [0, 0.05) is 20.3 Å². The van der Waals surface area contributed by atoms with Crippen LogP contribution in [0.4, 0.5) is 11.4 Å². The first kappa shape index (κ1) is 12.4. The molecule has 0 saturated carbocycles. The van der Waals surface area contributed by atoms with Crippen LogP contribution in [0.1, 0.15) is 18.3 Å². The molecule has 18 heavy (non-hydrogen) atoms. The number of rotatable bonds is 4. The third-order valence-electron chi connectivity index (χ3n) is 3.03. The highest BCUT2D eigenvalue weighted by atomic mass is 15.3. The van der Waals surface area contributed by atoms with Gasteiger partial charge in [0.2, 0.25) is 0 Å². The first-order valence-electron chi connectivity index (χ1n) is 6.04. The molecule has 0 aliphatic heterocycles. The molecule has 2 aromatic heterocycles. The number of anilines is 2. The first-order chi connectivity index (χ1) is 8.61. The molecule has 0 aliphatic rings. The molecule has 2 rings (SSSR count). The summed E-state index contributed by atoms with van der Waals surface area (Å²) in [6, 6.07) is 4.06. The van der Waals surface area contributed by atoms with Crippen molar-refractivity contribution in [3.63, 3.8) is 0 Å². The number of nitrogen functional groups attached to an aromatic ring is 1. The molecule has 0 unspecified atom stereocenters. The summed E-state index contributed by atoms with van der Waals surface area (Å²) in [4.78, 5) is 6.10. The molecule has 0 saturated heterocycles. The zero-order valence-corrected chi connectivity index (χ0v) is 11.1. The molecular formula is C13H19N5. The Labute approximate surface area is 107 Å². The van der Waals surface area contributed by atoms with Crippen LogP contribution in [0, 0.1) is 0 Å². The van der Waals surface area contributed by atoms with E-state index in [4.69, 9.17) is 5.73 Å². The lowest BCUT2D eigenvalue weighted by molar-refractivity contribution is 0.689. The Bertz CT molecular complexity index is 532. The quantitative estimate of drug-likeness (QED) is 0.888.